The standard InChI is InChI=1S/C47H32N4O/c1-4-13-31(14-5-1)45-48-46(32-15-6-2-7-16-32)50-47(49-45)37-23-25-39-40-28-34(24-26-43(40)52-44(39)30-37)33-18-12-19-35(27-33)42-29-36-17-10-11-22-41(36)51(42)38-20-8-3-9-21-38/h1-28,30,42H,29H2. The van der Waals surface area contributed by atoms with Gasteiger partial charge in [0.1, 0.15) is 11.2 Å². The van der Waals surface area contributed by atoms with Gasteiger partial charge in [0.2, 0.25) is 0 Å². The van der Waals surface area contributed by atoms with Crippen molar-refractivity contribution in [3.63, 3.8) is 0 Å². The monoisotopic (exact) mass is 668 g/mol. The van der Waals surface area contributed by atoms with Crippen LogP contribution in [0.2, 0.25) is 0 Å². The highest BCUT2D eigenvalue weighted by atomic mass is 16.3. The molecule has 5 nitrogen and oxygen atoms in total. The molecule has 9 aromatic rings. The molecular formula is C47H32N4O. The summed E-state index contributed by atoms with van der Waals surface area (Å²) in [6.07, 6.45) is 0.961. The largest absolute Gasteiger partial charge is 0.456 e. The Bertz CT molecular complexity index is 2670. The molecule has 1 unspecified atom stereocenters. The Kier molecular flexibility index (Phi) is 7.21. The van der Waals surface area contributed by atoms with Crippen LogP contribution in [0.5, 0.6) is 0 Å². The zero-order valence-corrected chi connectivity index (χ0v) is 28.2. The van der Waals surface area contributed by atoms with Gasteiger partial charge in [0.15, 0.2) is 17.5 Å². The smallest absolute Gasteiger partial charge is 0.164 e. The minimum Gasteiger partial charge on any atom is -0.456 e. The second-order valence-corrected chi connectivity index (χ2v) is 13.2. The molecule has 0 aliphatic carbocycles. The Morgan fingerprint density at radius 1 is 0.442 bits per heavy atom. The molecule has 0 N–H and O–H groups in total. The van der Waals surface area contributed by atoms with E-state index in [9.17, 15) is 0 Å². The number of fused-ring (bicyclic) bond motifs is 4. The highest BCUT2D eigenvalue weighted by Gasteiger charge is 2.31. The van der Waals surface area contributed by atoms with E-state index in [4.69, 9.17) is 19.4 Å². The van der Waals surface area contributed by atoms with Crippen LogP contribution < -0.4 is 4.90 Å². The van der Waals surface area contributed by atoms with E-state index in [1.165, 1.54) is 28.1 Å². The van der Waals surface area contributed by atoms with Gasteiger partial charge in [-0.05, 0) is 77.2 Å². The van der Waals surface area contributed by atoms with Crippen LogP contribution in [-0.2, 0) is 6.42 Å². The van der Waals surface area contributed by atoms with Gasteiger partial charge in [-0.15, -0.1) is 0 Å². The molecule has 7 aromatic carbocycles. The van der Waals surface area contributed by atoms with Crippen LogP contribution in [0.25, 0.3) is 67.2 Å². The summed E-state index contributed by atoms with van der Waals surface area (Å²) < 4.78 is 6.46. The number of hydrogen-bond acceptors (Lipinski definition) is 5. The van der Waals surface area contributed by atoms with E-state index in [2.05, 4.69) is 114 Å². The van der Waals surface area contributed by atoms with Crippen LogP contribution in [-0.4, -0.2) is 15.0 Å². The van der Waals surface area contributed by atoms with Crippen molar-refractivity contribution in [1.29, 1.82) is 0 Å². The fourth-order valence-electron chi connectivity index (χ4n) is 7.52. The number of furan rings is 1. The molecule has 2 aromatic heterocycles. The number of para-hydroxylation sites is 2. The quantitative estimate of drug-likeness (QED) is 0.176. The lowest BCUT2D eigenvalue weighted by Gasteiger charge is -2.28. The second-order valence-electron chi connectivity index (χ2n) is 13.2. The van der Waals surface area contributed by atoms with E-state index in [-0.39, 0.29) is 6.04 Å². The van der Waals surface area contributed by atoms with Crippen molar-refractivity contribution in [2.45, 2.75) is 12.5 Å². The zero-order valence-electron chi connectivity index (χ0n) is 28.2. The number of anilines is 2. The summed E-state index contributed by atoms with van der Waals surface area (Å²) >= 11 is 0. The third kappa shape index (κ3) is 5.31. The molecule has 1 aliphatic heterocycles. The Balaban J connectivity index is 1.02. The average Bonchev–Trinajstić information content (AvgIpc) is 3.80. The fraction of sp³-hybridized carbons (Fsp3) is 0.0426. The van der Waals surface area contributed by atoms with Crippen LogP contribution in [0.1, 0.15) is 17.2 Å². The van der Waals surface area contributed by atoms with E-state index in [1.807, 2.05) is 66.7 Å². The van der Waals surface area contributed by atoms with Gasteiger partial charge in [-0.2, -0.15) is 0 Å². The van der Waals surface area contributed by atoms with Gasteiger partial charge in [0.05, 0.1) is 6.04 Å². The Morgan fingerprint density at radius 3 is 1.77 bits per heavy atom. The molecule has 0 fully saturated rings. The number of hydrogen-bond donors (Lipinski definition) is 0. The number of nitrogens with zero attached hydrogens (tertiary/aromatic N) is 4. The number of rotatable bonds is 6. The molecule has 0 amide bonds. The first-order chi connectivity index (χ1) is 25.7. The van der Waals surface area contributed by atoms with E-state index in [1.54, 1.807) is 0 Å². The van der Waals surface area contributed by atoms with Crippen molar-refractivity contribution in [1.82, 2.24) is 15.0 Å². The van der Waals surface area contributed by atoms with Gasteiger partial charge in [0, 0.05) is 38.8 Å². The first kappa shape index (κ1) is 30.0. The Hall–Kier alpha value is -6.85. The predicted octanol–water partition coefficient (Wildman–Crippen LogP) is 11.9. The van der Waals surface area contributed by atoms with E-state index in [0.29, 0.717) is 17.5 Å². The maximum atomic E-state index is 6.46. The summed E-state index contributed by atoms with van der Waals surface area (Å²) in [5, 5.41) is 2.13. The average molecular weight is 669 g/mol. The lowest BCUT2D eigenvalue weighted by Crippen LogP contribution is -2.19. The lowest BCUT2D eigenvalue weighted by molar-refractivity contribution is 0.669. The fourth-order valence-corrected chi connectivity index (χ4v) is 7.52. The molecule has 5 heteroatoms. The van der Waals surface area contributed by atoms with Crippen molar-refractivity contribution in [2.75, 3.05) is 4.90 Å². The van der Waals surface area contributed by atoms with E-state index >= 15 is 0 Å². The maximum absolute atomic E-state index is 6.46. The summed E-state index contributed by atoms with van der Waals surface area (Å²) in [6.45, 7) is 0. The molecule has 0 saturated heterocycles. The van der Waals surface area contributed by atoms with Crippen LogP contribution in [0.15, 0.2) is 180 Å². The Morgan fingerprint density at radius 2 is 1.04 bits per heavy atom. The second kappa shape index (κ2) is 12.5. The van der Waals surface area contributed by atoms with E-state index < -0.39 is 0 Å². The van der Waals surface area contributed by atoms with Gasteiger partial charge in [-0.1, -0.05) is 127 Å². The van der Waals surface area contributed by atoms with Crippen molar-refractivity contribution in [2.24, 2.45) is 0 Å². The van der Waals surface area contributed by atoms with Gasteiger partial charge < -0.3 is 9.32 Å². The lowest BCUT2D eigenvalue weighted by atomic mass is 9.96. The van der Waals surface area contributed by atoms with Crippen molar-refractivity contribution < 1.29 is 4.42 Å². The van der Waals surface area contributed by atoms with Gasteiger partial charge >= 0.3 is 0 Å². The zero-order chi connectivity index (χ0) is 34.4. The van der Waals surface area contributed by atoms with Crippen LogP contribution in [0.3, 0.4) is 0 Å². The molecule has 0 bridgehead atoms. The maximum Gasteiger partial charge on any atom is 0.164 e. The third-order valence-corrected chi connectivity index (χ3v) is 10.0. The molecule has 0 saturated carbocycles. The van der Waals surface area contributed by atoms with Gasteiger partial charge in [-0.3, -0.25) is 0 Å². The summed E-state index contributed by atoms with van der Waals surface area (Å²) in [5.74, 6) is 1.87. The third-order valence-electron chi connectivity index (χ3n) is 10.0. The molecule has 1 aliphatic rings. The van der Waals surface area contributed by atoms with Crippen molar-refractivity contribution in [3.05, 3.63) is 187 Å². The molecule has 0 spiro atoms. The summed E-state index contributed by atoms with van der Waals surface area (Å²) in [5.41, 5.74) is 11.9. The molecular weight excluding hydrogens is 637 g/mol. The topological polar surface area (TPSA) is 55.1 Å². The normalized spacial score (nSPS) is 13.8. The predicted molar refractivity (Wildman–Crippen MR) is 210 cm³/mol. The molecule has 246 valence electrons. The van der Waals surface area contributed by atoms with E-state index in [0.717, 1.165) is 50.6 Å². The van der Waals surface area contributed by atoms with Crippen LogP contribution >= 0.6 is 0 Å². The first-order valence-corrected chi connectivity index (χ1v) is 17.6. The van der Waals surface area contributed by atoms with Crippen molar-refractivity contribution in [3.8, 4) is 45.3 Å². The van der Waals surface area contributed by atoms with Crippen LogP contribution in [0, 0.1) is 0 Å². The minimum atomic E-state index is 0.205. The number of benzene rings is 7. The summed E-state index contributed by atoms with van der Waals surface area (Å²) in [6, 6.07) is 61.5. The highest BCUT2D eigenvalue weighted by Crippen LogP contribution is 2.46. The van der Waals surface area contributed by atoms with Crippen LogP contribution in [0.4, 0.5) is 11.4 Å². The molecule has 10 rings (SSSR count). The summed E-state index contributed by atoms with van der Waals surface area (Å²) in [4.78, 5) is 17.2. The van der Waals surface area contributed by atoms with Gasteiger partial charge in [0.25, 0.3) is 0 Å². The van der Waals surface area contributed by atoms with Gasteiger partial charge in [-0.25, -0.2) is 15.0 Å². The minimum absolute atomic E-state index is 0.205. The Labute approximate surface area is 301 Å². The SMILES string of the molecule is c1ccc(-c2nc(-c3ccccc3)nc(-c3ccc4c(c3)oc3ccc(-c5cccc(C6Cc7ccccc7N6c6ccccc6)c5)cc34)n2)cc1. The van der Waals surface area contributed by atoms with Crippen molar-refractivity contribution >= 4 is 33.3 Å². The first-order valence-electron chi connectivity index (χ1n) is 17.6. The molecule has 1 atom stereocenters. The molecule has 0 radical (unpaired) electrons. The number of aromatic nitrogens is 3. The summed E-state index contributed by atoms with van der Waals surface area (Å²) in [7, 11) is 0. The highest BCUT2D eigenvalue weighted by molar-refractivity contribution is 6.07. The molecule has 52 heavy (non-hydrogen) atoms. The molecule has 3 heterocycles.